The van der Waals surface area contributed by atoms with Crippen LogP contribution in [0.1, 0.15) is 26.2 Å². The Kier molecular flexibility index (Phi) is 4.93. The molecule has 0 aromatic carbocycles. The number of rotatable bonds is 5. The van der Waals surface area contributed by atoms with Gasteiger partial charge in [-0.05, 0) is 33.9 Å². The lowest BCUT2D eigenvalue weighted by Gasteiger charge is -2.22. The van der Waals surface area contributed by atoms with Crippen LogP contribution in [0.4, 0.5) is 0 Å². The molecular formula is C12H22N2O3. The zero-order valence-corrected chi connectivity index (χ0v) is 10.8. The van der Waals surface area contributed by atoms with E-state index in [4.69, 9.17) is 5.11 Å². The maximum absolute atomic E-state index is 11.9. The van der Waals surface area contributed by atoms with Crippen LogP contribution in [0.5, 0.6) is 0 Å². The summed E-state index contributed by atoms with van der Waals surface area (Å²) in [4.78, 5) is 24.9. The summed E-state index contributed by atoms with van der Waals surface area (Å²) in [5.41, 5.74) is 0. The van der Waals surface area contributed by atoms with Crippen molar-refractivity contribution in [3.05, 3.63) is 0 Å². The van der Waals surface area contributed by atoms with Crippen LogP contribution in [0, 0.1) is 11.8 Å². The number of carbonyl (C=O) groups is 2. The summed E-state index contributed by atoms with van der Waals surface area (Å²) in [6, 6.07) is 0.253. The summed E-state index contributed by atoms with van der Waals surface area (Å²) in [6.07, 6.45) is 2.15. The normalized spacial score (nSPS) is 25.9. The molecule has 3 unspecified atom stereocenters. The topological polar surface area (TPSA) is 69.6 Å². The maximum Gasteiger partial charge on any atom is 0.307 e. The van der Waals surface area contributed by atoms with Crippen LogP contribution in [-0.4, -0.2) is 48.6 Å². The highest BCUT2D eigenvalue weighted by molar-refractivity contribution is 5.85. The number of nitrogens with zero attached hydrogens (tertiary/aromatic N) is 1. The second-order valence-corrected chi connectivity index (χ2v) is 5.04. The molecule has 0 saturated heterocycles. The van der Waals surface area contributed by atoms with E-state index >= 15 is 0 Å². The number of aliphatic carboxylic acids is 1. The molecule has 0 aromatic rings. The van der Waals surface area contributed by atoms with Crippen LogP contribution >= 0.6 is 0 Å². The average Bonchev–Trinajstić information content (AvgIpc) is 2.73. The smallest absolute Gasteiger partial charge is 0.307 e. The first-order valence-electron chi connectivity index (χ1n) is 6.10. The van der Waals surface area contributed by atoms with Gasteiger partial charge in [-0.2, -0.15) is 0 Å². The lowest BCUT2D eigenvalue weighted by atomic mass is 9.95. The van der Waals surface area contributed by atoms with Crippen LogP contribution in [0.25, 0.3) is 0 Å². The van der Waals surface area contributed by atoms with Gasteiger partial charge in [0.2, 0.25) is 5.91 Å². The van der Waals surface area contributed by atoms with E-state index in [0.29, 0.717) is 19.4 Å². The third-order valence-corrected chi connectivity index (χ3v) is 3.62. The SMILES string of the molecule is CC(CNC(=O)C1CCCC1C(=O)O)N(C)C. The zero-order valence-electron chi connectivity index (χ0n) is 10.8. The fourth-order valence-electron chi connectivity index (χ4n) is 2.13. The van der Waals surface area contributed by atoms with Gasteiger partial charge in [-0.3, -0.25) is 9.59 Å². The molecular weight excluding hydrogens is 220 g/mol. The Morgan fingerprint density at radius 3 is 2.47 bits per heavy atom. The van der Waals surface area contributed by atoms with Crippen LogP contribution in [0.3, 0.4) is 0 Å². The van der Waals surface area contributed by atoms with Gasteiger partial charge in [0.15, 0.2) is 0 Å². The molecule has 1 amide bonds. The Hall–Kier alpha value is -1.10. The van der Waals surface area contributed by atoms with Gasteiger partial charge in [-0.1, -0.05) is 6.42 Å². The van der Waals surface area contributed by atoms with E-state index in [1.165, 1.54) is 0 Å². The highest BCUT2D eigenvalue weighted by Crippen LogP contribution is 2.31. The Bertz CT molecular complexity index is 291. The Balaban J connectivity index is 2.44. The lowest BCUT2D eigenvalue weighted by Crippen LogP contribution is -2.42. The highest BCUT2D eigenvalue weighted by atomic mass is 16.4. The summed E-state index contributed by atoms with van der Waals surface area (Å²) in [5, 5.41) is 11.9. The monoisotopic (exact) mass is 242 g/mol. The van der Waals surface area contributed by atoms with Crippen molar-refractivity contribution in [2.24, 2.45) is 11.8 Å². The molecule has 5 heteroatoms. The molecule has 0 spiro atoms. The van der Waals surface area contributed by atoms with Crippen molar-refractivity contribution < 1.29 is 14.7 Å². The van der Waals surface area contributed by atoms with E-state index in [-0.39, 0.29) is 17.9 Å². The summed E-state index contributed by atoms with van der Waals surface area (Å²) < 4.78 is 0. The van der Waals surface area contributed by atoms with Gasteiger partial charge >= 0.3 is 5.97 Å². The summed E-state index contributed by atoms with van der Waals surface area (Å²) in [7, 11) is 3.90. The average molecular weight is 242 g/mol. The minimum absolute atomic E-state index is 0.108. The number of hydrogen-bond donors (Lipinski definition) is 2. The van der Waals surface area contributed by atoms with Crippen LogP contribution in [0.2, 0.25) is 0 Å². The molecule has 0 aliphatic heterocycles. The molecule has 0 aromatic heterocycles. The first-order valence-corrected chi connectivity index (χ1v) is 6.10. The molecule has 5 nitrogen and oxygen atoms in total. The van der Waals surface area contributed by atoms with E-state index in [2.05, 4.69) is 5.32 Å². The van der Waals surface area contributed by atoms with Gasteiger partial charge in [0.25, 0.3) is 0 Å². The van der Waals surface area contributed by atoms with Crippen LogP contribution in [-0.2, 0) is 9.59 Å². The molecule has 98 valence electrons. The van der Waals surface area contributed by atoms with Crippen molar-refractivity contribution in [3.63, 3.8) is 0 Å². The molecule has 1 aliphatic carbocycles. The Labute approximate surface area is 102 Å². The third kappa shape index (κ3) is 3.70. The molecule has 1 aliphatic rings. The van der Waals surface area contributed by atoms with Gasteiger partial charge in [0.1, 0.15) is 0 Å². The minimum Gasteiger partial charge on any atom is -0.481 e. The van der Waals surface area contributed by atoms with Crippen molar-refractivity contribution in [1.82, 2.24) is 10.2 Å². The van der Waals surface area contributed by atoms with Gasteiger partial charge in [0, 0.05) is 12.6 Å². The molecule has 0 radical (unpaired) electrons. The molecule has 17 heavy (non-hydrogen) atoms. The predicted molar refractivity (Wildman–Crippen MR) is 64.6 cm³/mol. The summed E-state index contributed by atoms with van der Waals surface area (Å²) in [5.74, 6) is -1.79. The van der Waals surface area contributed by atoms with E-state index in [1.807, 2.05) is 25.9 Å². The van der Waals surface area contributed by atoms with E-state index in [0.717, 1.165) is 6.42 Å². The number of carboxylic acids is 1. The van der Waals surface area contributed by atoms with Gasteiger partial charge in [-0.25, -0.2) is 0 Å². The van der Waals surface area contributed by atoms with Crippen molar-refractivity contribution >= 4 is 11.9 Å². The molecule has 1 saturated carbocycles. The summed E-state index contributed by atoms with van der Waals surface area (Å²) >= 11 is 0. The van der Waals surface area contributed by atoms with Gasteiger partial charge in [0.05, 0.1) is 11.8 Å². The zero-order chi connectivity index (χ0) is 13.0. The van der Waals surface area contributed by atoms with E-state index in [1.54, 1.807) is 0 Å². The number of amides is 1. The molecule has 3 atom stereocenters. The van der Waals surface area contributed by atoms with Gasteiger partial charge < -0.3 is 15.3 Å². The Morgan fingerprint density at radius 2 is 1.94 bits per heavy atom. The second kappa shape index (κ2) is 6.00. The number of likely N-dealkylation sites (N-methyl/N-ethyl adjacent to an activating group) is 1. The predicted octanol–water partition coefficient (Wildman–Crippen LogP) is 0.554. The Morgan fingerprint density at radius 1 is 1.35 bits per heavy atom. The highest BCUT2D eigenvalue weighted by Gasteiger charge is 2.37. The molecule has 0 bridgehead atoms. The second-order valence-electron chi connectivity index (χ2n) is 5.04. The first-order chi connectivity index (χ1) is 7.93. The number of nitrogens with one attached hydrogen (secondary N) is 1. The number of carboxylic acid groups (broad SMARTS) is 1. The van der Waals surface area contributed by atoms with Crippen molar-refractivity contribution in [3.8, 4) is 0 Å². The largest absolute Gasteiger partial charge is 0.481 e. The fourth-order valence-corrected chi connectivity index (χ4v) is 2.13. The van der Waals surface area contributed by atoms with E-state index < -0.39 is 11.9 Å². The number of hydrogen-bond acceptors (Lipinski definition) is 3. The van der Waals surface area contributed by atoms with Crippen LogP contribution < -0.4 is 5.32 Å². The lowest BCUT2D eigenvalue weighted by molar-refractivity contribution is -0.146. The first kappa shape index (κ1) is 14.0. The quantitative estimate of drug-likeness (QED) is 0.739. The molecule has 2 N–H and O–H groups in total. The molecule has 1 rings (SSSR count). The molecule has 0 heterocycles. The number of carbonyl (C=O) groups excluding carboxylic acids is 1. The van der Waals surface area contributed by atoms with Crippen LogP contribution in [0.15, 0.2) is 0 Å². The van der Waals surface area contributed by atoms with Crippen molar-refractivity contribution in [2.75, 3.05) is 20.6 Å². The van der Waals surface area contributed by atoms with Gasteiger partial charge in [-0.15, -0.1) is 0 Å². The standard InChI is InChI=1S/C12H22N2O3/c1-8(14(2)3)7-13-11(15)9-5-4-6-10(9)12(16)17/h8-10H,4-7H2,1-3H3,(H,13,15)(H,16,17). The maximum atomic E-state index is 11.9. The minimum atomic E-state index is -0.844. The van der Waals surface area contributed by atoms with Crippen molar-refractivity contribution in [2.45, 2.75) is 32.2 Å². The van der Waals surface area contributed by atoms with E-state index in [9.17, 15) is 9.59 Å². The van der Waals surface area contributed by atoms with Crippen molar-refractivity contribution in [1.29, 1.82) is 0 Å². The molecule has 1 fully saturated rings. The third-order valence-electron chi connectivity index (χ3n) is 3.62. The summed E-state index contributed by atoms with van der Waals surface area (Å²) in [6.45, 7) is 2.58. The fraction of sp³-hybridized carbons (Fsp3) is 0.833.